The maximum absolute atomic E-state index is 4.14. The molecule has 4 nitrogen and oxygen atoms in total. The predicted molar refractivity (Wildman–Crippen MR) is 83.1 cm³/mol. The third kappa shape index (κ3) is 5.02. The van der Waals surface area contributed by atoms with Crippen LogP contribution >= 0.6 is 23.1 Å². The summed E-state index contributed by atoms with van der Waals surface area (Å²) in [5, 5.41) is 9.24. The average molecular weight is 300 g/mol. The molecule has 2 heterocycles. The van der Waals surface area contributed by atoms with Gasteiger partial charge in [-0.25, -0.2) is 0 Å². The highest BCUT2D eigenvalue weighted by Crippen LogP contribution is 2.22. The minimum Gasteiger partial charge on any atom is -0.301 e. The van der Waals surface area contributed by atoms with E-state index in [2.05, 4.69) is 33.8 Å². The van der Waals surface area contributed by atoms with Crippen LogP contribution in [-0.2, 0) is 0 Å². The van der Waals surface area contributed by atoms with Crippen LogP contribution in [0.2, 0.25) is 0 Å². The van der Waals surface area contributed by atoms with Crippen LogP contribution in [0.15, 0.2) is 4.34 Å². The molecule has 1 aliphatic heterocycles. The fourth-order valence-corrected chi connectivity index (χ4v) is 4.10. The highest BCUT2D eigenvalue weighted by molar-refractivity contribution is 8.01. The summed E-state index contributed by atoms with van der Waals surface area (Å²) in [5.74, 6) is 1.15. The van der Waals surface area contributed by atoms with Gasteiger partial charge in [-0.05, 0) is 33.7 Å². The van der Waals surface area contributed by atoms with Crippen LogP contribution in [0.25, 0.3) is 0 Å². The minimum absolute atomic E-state index is 0.693. The van der Waals surface area contributed by atoms with Crippen molar-refractivity contribution in [3.63, 3.8) is 0 Å². The van der Waals surface area contributed by atoms with Gasteiger partial charge in [-0.1, -0.05) is 23.1 Å². The molecule has 108 valence electrons. The quantitative estimate of drug-likeness (QED) is 0.595. The molecule has 0 spiro atoms. The summed E-state index contributed by atoms with van der Waals surface area (Å²) >= 11 is 3.54. The van der Waals surface area contributed by atoms with Crippen LogP contribution in [0.1, 0.15) is 25.3 Å². The Bertz CT molecular complexity index is 372. The highest BCUT2D eigenvalue weighted by atomic mass is 32.2. The highest BCUT2D eigenvalue weighted by Gasteiger charge is 2.18. The van der Waals surface area contributed by atoms with Crippen LogP contribution in [-0.4, -0.2) is 64.5 Å². The van der Waals surface area contributed by atoms with Gasteiger partial charge in [-0.2, -0.15) is 0 Å². The normalized spacial score (nSPS) is 18.3. The Labute approximate surface area is 124 Å². The Hall–Kier alpha value is -0.170. The lowest BCUT2D eigenvalue weighted by atomic mass is 10.2. The summed E-state index contributed by atoms with van der Waals surface area (Å²) < 4.78 is 1.11. The van der Waals surface area contributed by atoms with E-state index in [-0.39, 0.29) is 0 Å². The van der Waals surface area contributed by atoms with Crippen molar-refractivity contribution in [3.05, 3.63) is 5.01 Å². The molecule has 0 saturated carbocycles. The van der Waals surface area contributed by atoms with Gasteiger partial charge in [-0.3, -0.25) is 4.90 Å². The van der Waals surface area contributed by atoms with E-state index in [1.807, 2.05) is 18.7 Å². The fourth-order valence-electron chi connectivity index (χ4n) is 2.29. The first-order chi connectivity index (χ1) is 9.15. The van der Waals surface area contributed by atoms with E-state index in [4.69, 9.17) is 0 Å². The van der Waals surface area contributed by atoms with E-state index in [0.29, 0.717) is 6.04 Å². The molecule has 0 amide bonds. The van der Waals surface area contributed by atoms with E-state index < -0.39 is 0 Å². The van der Waals surface area contributed by atoms with E-state index in [9.17, 15) is 0 Å². The van der Waals surface area contributed by atoms with Gasteiger partial charge in [-0.15, -0.1) is 10.2 Å². The van der Waals surface area contributed by atoms with Crippen LogP contribution in [0.5, 0.6) is 0 Å². The fraction of sp³-hybridized carbons (Fsp3) is 0.846. The van der Waals surface area contributed by atoms with E-state index >= 15 is 0 Å². The van der Waals surface area contributed by atoms with Crippen molar-refractivity contribution in [1.82, 2.24) is 20.0 Å². The van der Waals surface area contributed by atoms with Crippen molar-refractivity contribution in [3.8, 4) is 0 Å². The molecule has 0 aliphatic carbocycles. The molecule has 1 aromatic rings. The second-order valence-corrected chi connectivity index (χ2v) is 7.78. The van der Waals surface area contributed by atoms with Gasteiger partial charge in [0.2, 0.25) is 0 Å². The zero-order chi connectivity index (χ0) is 13.7. The molecule has 0 unspecified atom stereocenters. The van der Waals surface area contributed by atoms with Gasteiger partial charge in [0.25, 0.3) is 0 Å². The van der Waals surface area contributed by atoms with E-state index in [1.54, 1.807) is 11.3 Å². The van der Waals surface area contributed by atoms with Gasteiger partial charge in [0.1, 0.15) is 5.01 Å². The predicted octanol–water partition coefficient (Wildman–Crippen LogP) is 2.35. The molecule has 1 aromatic heterocycles. The largest absolute Gasteiger partial charge is 0.301 e. The van der Waals surface area contributed by atoms with Crippen molar-refractivity contribution < 1.29 is 0 Å². The summed E-state index contributed by atoms with van der Waals surface area (Å²) in [7, 11) is 0. The Balaban J connectivity index is 1.57. The maximum Gasteiger partial charge on any atom is 0.174 e. The Morgan fingerprint density at radius 3 is 2.53 bits per heavy atom. The topological polar surface area (TPSA) is 32.3 Å². The molecule has 19 heavy (non-hydrogen) atoms. The molecule has 2 rings (SSSR count). The van der Waals surface area contributed by atoms with Crippen molar-refractivity contribution in [2.75, 3.05) is 38.5 Å². The summed E-state index contributed by atoms with van der Waals surface area (Å²) in [5.41, 5.74) is 0. The van der Waals surface area contributed by atoms with Gasteiger partial charge in [0, 0.05) is 38.0 Å². The molecule has 0 bridgehead atoms. The van der Waals surface area contributed by atoms with Crippen LogP contribution in [0.3, 0.4) is 0 Å². The minimum atomic E-state index is 0.693. The zero-order valence-electron chi connectivity index (χ0n) is 12.1. The molecule has 0 atom stereocenters. The first-order valence-corrected chi connectivity index (χ1v) is 8.84. The first kappa shape index (κ1) is 15.2. The summed E-state index contributed by atoms with van der Waals surface area (Å²) in [6.45, 7) is 12.7. The third-order valence-electron chi connectivity index (χ3n) is 3.49. The van der Waals surface area contributed by atoms with Gasteiger partial charge in [0.15, 0.2) is 4.34 Å². The monoisotopic (exact) mass is 300 g/mol. The number of nitrogens with zero attached hydrogens (tertiary/aromatic N) is 4. The number of hydrogen-bond donors (Lipinski definition) is 0. The molecule has 1 aliphatic rings. The molecule has 1 fully saturated rings. The summed E-state index contributed by atoms with van der Waals surface area (Å²) in [6.07, 6.45) is 1.24. The maximum atomic E-state index is 4.14. The third-order valence-corrected chi connectivity index (χ3v) is 5.55. The van der Waals surface area contributed by atoms with Crippen molar-refractivity contribution >= 4 is 23.1 Å². The molecule has 0 aromatic carbocycles. The number of thioether (sulfide) groups is 1. The second-order valence-electron chi connectivity index (χ2n) is 5.26. The number of aryl methyl sites for hydroxylation is 1. The number of piperazine rings is 1. The number of hydrogen-bond acceptors (Lipinski definition) is 6. The van der Waals surface area contributed by atoms with Crippen LogP contribution in [0, 0.1) is 6.92 Å². The van der Waals surface area contributed by atoms with E-state index in [0.717, 1.165) is 15.1 Å². The van der Waals surface area contributed by atoms with Crippen molar-refractivity contribution in [2.24, 2.45) is 0 Å². The first-order valence-electron chi connectivity index (χ1n) is 7.04. The Morgan fingerprint density at radius 1 is 1.21 bits per heavy atom. The van der Waals surface area contributed by atoms with Gasteiger partial charge >= 0.3 is 0 Å². The molecule has 6 heteroatoms. The Morgan fingerprint density at radius 2 is 1.95 bits per heavy atom. The molecule has 1 saturated heterocycles. The van der Waals surface area contributed by atoms with Crippen molar-refractivity contribution in [1.29, 1.82) is 0 Å². The smallest absolute Gasteiger partial charge is 0.174 e. The SMILES string of the molecule is Cc1nnc(SCCCN2CCN(C(C)C)CC2)s1. The molecule has 0 radical (unpaired) electrons. The standard InChI is InChI=1S/C13H24N4S2/c1-11(2)17-8-6-16(7-9-17)5-4-10-18-13-15-14-12(3)19-13/h11H,4-10H2,1-3H3. The van der Waals surface area contributed by atoms with E-state index in [1.165, 1.54) is 39.1 Å². The number of aromatic nitrogens is 2. The molecule has 0 N–H and O–H groups in total. The Kier molecular flexibility index (Phi) is 6.06. The van der Waals surface area contributed by atoms with Gasteiger partial charge < -0.3 is 4.90 Å². The van der Waals surface area contributed by atoms with Crippen LogP contribution in [0.4, 0.5) is 0 Å². The summed E-state index contributed by atoms with van der Waals surface area (Å²) in [4.78, 5) is 5.15. The molecular formula is C13H24N4S2. The average Bonchev–Trinajstić information content (AvgIpc) is 2.81. The number of rotatable bonds is 6. The summed E-state index contributed by atoms with van der Waals surface area (Å²) in [6, 6.07) is 0.693. The lowest BCUT2D eigenvalue weighted by Crippen LogP contribution is -2.48. The lowest BCUT2D eigenvalue weighted by Gasteiger charge is -2.36. The van der Waals surface area contributed by atoms with Crippen LogP contribution < -0.4 is 0 Å². The van der Waals surface area contributed by atoms with Gasteiger partial charge in [0.05, 0.1) is 0 Å². The second kappa shape index (κ2) is 7.57. The lowest BCUT2D eigenvalue weighted by molar-refractivity contribution is 0.109. The molecular weight excluding hydrogens is 276 g/mol. The zero-order valence-corrected chi connectivity index (χ0v) is 13.8. The van der Waals surface area contributed by atoms with Crippen molar-refractivity contribution in [2.45, 2.75) is 37.6 Å².